The lowest BCUT2D eigenvalue weighted by Gasteiger charge is -2.36. The van der Waals surface area contributed by atoms with Crippen LogP contribution in [0.25, 0.3) is 23.5 Å². The van der Waals surface area contributed by atoms with Gasteiger partial charge in [0.05, 0.1) is 10.9 Å². The van der Waals surface area contributed by atoms with Crippen molar-refractivity contribution in [1.29, 1.82) is 0 Å². The maximum Gasteiger partial charge on any atom is 0.410 e. The second-order valence-electron chi connectivity index (χ2n) is 9.17. The van der Waals surface area contributed by atoms with Crippen LogP contribution < -0.4 is 15.5 Å². The maximum absolute atomic E-state index is 12.5. The normalized spacial score (nSPS) is 16.3. The Morgan fingerprint density at radius 3 is 2.47 bits per heavy atom. The van der Waals surface area contributed by atoms with Crippen molar-refractivity contribution in [3.05, 3.63) is 46.5 Å². The van der Waals surface area contributed by atoms with Crippen LogP contribution in [0.15, 0.2) is 35.9 Å². The standard InChI is InChI=1S/C25H30N4O3/c1-17-8-7-10-18-20(16-17)26-22(19-9-5-6-11-21(19)30)27-23(18)28-12-14-29(15-13-28)24(31)32-25(2,3)4/h5-6,8-11,16,30H,7,12-15H2,1-4H3. The van der Waals surface area contributed by atoms with Crippen LogP contribution in [0.3, 0.4) is 0 Å². The minimum absolute atomic E-state index is 0.151. The molecule has 1 aromatic carbocycles. The number of aromatic hydroxyl groups is 1. The fourth-order valence-corrected chi connectivity index (χ4v) is 3.87. The number of benzene rings is 1. The molecule has 2 aromatic rings. The van der Waals surface area contributed by atoms with Gasteiger partial charge >= 0.3 is 6.09 Å². The van der Waals surface area contributed by atoms with Gasteiger partial charge < -0.3 is 19.6 Å². The van der Waals surface area contributed by atoms with Gasteiger partial charge in [-0.3, -0.25) is 0 Å². The van der Waals surface area contributed by atoms with Crippen LogP contribution in [-0.4, -0.2) is 57.8 Å². The summed E-state index contributed by atoms with van der Waals surface area (Å²) in [6, 6.07) is 7.12. The van der Waals surface area contributed by atoms with Crippen LogP contribution in [0.5, 0.6) is 5.75 Å². The van der Waals surface area contributed by atoms with E-state index in [1.807, 2.05) is 32.9 Å². The number of piperazine rings is 1. The van der Waals surface area contributed by atoms with Crippen LogP contribution in [0.2, 0.25) is 0 Å². The van der Waals surface area contributed by atoms with Gasteiger partial charge in [0, 0.05) is 31.4 Å². The first-order valence-electron chi connectivity index (χ1n) is 11.0. The smallest absolute Gasteiger partial charge is 0.410 e. The molecular weight excluding hydrogens is 404 g/mol. The average molecular weight is 435 g/mol. The lowest BCUT2D eigenvalue weighted by molar-refractivity contribution is 0.0240. The highest BCUT2D eigenvalue weighted by Crippen LogP contribution is 2.26. The van der Waals surface area contributed by atoms with E-state index in [1.54, 1.807) is 17.0 Å². The van der Waals surface area contributed by atoms with E-state index < -0.39 is 5.60 Å². The number of carbonyl (C=O) groups excluding carboxylic acids is 1. The van der Waals surface area contributed by atoms with Crippen molar-refractivity contribution in [2.45, 2.75) is 39.7 Å². The van der Waals surface area contributed by atoms with Gasteiger partial charge in [-0.2, -0.15) is 0 Å². The quantitative estimate of drug-likeness (QED) is 0.783. The van der Waals surface area contributed by atoms with Gasteiger partial charge in [0.25, 0.3) is 0 Å². The number of hydrogen-bond donors (Lipinski definition) is 1. The third-order valence-electron chi connectivity index (χ3n) is 5.46. The molecule has 2 heterocycles. The van der Waals surface area contributed by atoms with Crippen LogP contribution in [0.1, 0.15) is 34.1 Å². The number of nitrogens with zero attached hydrogens (tertiary/aromatic N) is 4. The van der Waals surface area contributed by atoms with E-state index in [9.17, 15) is 9.90 Å². The Hall–Kier alpha value is -3.35. The molecule has 0 atom stereocenters. The van der Waals surface area contributed by atoms with Gasteiger partial charge in [-0.15, -0.1) is 0 Å². The van der Waals surface area contributed by atoms with E-state index in [1.165, 1.54) is 0 Å². The molecule has 1 N–H and O–H groups in total. The molecule has 1 saturated heterocycles. The Bertz CT molecular complexity index is 1170. The zero-order valence-electron chi connectivity index (χ0n) is 19.1. The van der Waals surface area contributed by atoms with Gasteiger partial charge in [0.1, 0.15) is 17.2 Å². The van der Waals surface area contributed by atoms with Crippen molar-refractivity contribution in [1.82, 2.24) is 14.9 Å². The highest BCUT2D eigenvalue weighted by molar-refractivity contribution is 5.69. The number of hydrogen-bond acceptors (Lipinski definition) is 6. The molecule has 0 bridgehead atoms. The summed E-state index contributed by atoms with van der Waals surface area (Å²) in [5.74, 6) is 1.47. The third kappa shape index (κ3) is 4.77. The zero-order chi connectivity index (χ0) is 22.9. The fourth-order valence-electron chi connectivity index (χ4n) is 3.87. The molecule has 7 heteroatoms. The predicted molar refractivity (Wildman–Crippen MR) is 126 cm³/mol. The number of amides is 1. The van der Waals surface area contributed by atoms with Crippen molar-refractivity contribution in [3.63, 3.8) is 0 Å². The minimum Gasteiger partial charge on any atom is -0.507 e. The minimum atomic E-state index is -0.513. The number of allylic oxidation sites excluding steroid dienone is 2. The van der Waals surface area contributed by atoms with E-state index in [0.29, 0.717) is 37.6 Å². The van der Waals surface area contributed by atoms with Gasteiger partial charge in [0.2, 0.25) is 0 Å². The molecule has 1 fully saturated rings. The van der Waals surface area contributed by atoms with Crippen molar-refractivity contribution in [2.24, 2.45) is 0 Å². The Balaban J connectivity index is 1.69. The number of rotatable bonds is 2. The summed E-state index contributed by atoms with van der Waals surface area (Å²) < 4.78 is 5.52. The SMILES string of the molecule is CC1=CCC=c2c(N3CCN(C(=O)OC(C)(C)C)CC3)nc(-c3ccccc3O)nc2=C1. The molecule has 1 amide bonds. The second kappa shape index (κ2) is 8.65. The third-order valence-corrected chi connectivity index (χ3v) is 5.46. The van der Waals surface area contributed by atoms with Crippen LogP contribution >= 0.6 is 0 Å². The molecule has 7 nitrogen and oxygen atoms in total. The van der Waals surface area contributed by atoms with Crippen LogP contribution in [0.4, 0.5) is 10.6 Å². The number of para-hydroxylation sites is 1. The van der Waals surface area contributed by atoms with E-state index in [0.717, 1.165) is 28.4 Å². The number of carbonyl (C=O) groups is 1. The number of anilines is 1. The molecule has 32 heavy (non-hydrogen) atoms. The Morgan fingerprint density at radius 1 is 1.06 bits per heavy atom. The molecule has 4 rings (SSSR count). The van der Waals surface area contributed by atoms with Gasteiger partial charge in [-0.1, -0.05) is 29.9 Å². The van der Waals surface area contributed by atoms with Crippen molar-refractivity contribution >= 4 is 24.1 Å². The lowest BCUT2D eigenvalue weighted by atomic mass is 10.1. The average Bonchev–Trinajstić information content (AvgIpc) is 2.93. The molecule has 0 spiro atoms. The van der Waals surface area contributed by atoms with Crippen molar-refractivity contribution in [2.75, 3.05) is 31.1 Å². The Labute approximate surface area is 188 Å². The monoisotopic (exact) mass is 434 g/mol. The number of phenols is 1. The molecule has 0 radical (unpaired) electrons. The fraction of sp³-hybridized carbons (Fsp3) is 0.400. The topological polar surface area (TPSA) is 78.8 Å². The molecule has 0 saturated carbocycles. The predicted octanol–water partition coefficient (Wildman–Crippen LogP) is 2.82. The summed E-state index contributed by atoms with van der Waals surface area (Å²) >= 11 is 0. The van der Waals surface area contributed by atoms with Gasteiger partial charge in [-0.25, -0.2) is 14.8 Å². The number of ether oxygens (including phenoxy) is 1. The zero-order valence-corrected chi connectivity index (χ0v) is 19.1. The van der Waals surface area contributed by atoms with Crippen molar-refractivity contribution in [3.8, 4) is 17.1 Å². The van der Waals surface area contributed by atoms with E-state index >= 15 is 0 Å². The summed E-state index contributed by atoms with van der Waals surface area (Å²) in [4.78, 5) is 26.1. The molecule has 168 valence electrons. The first-order valence-corrected chi connectivity index (χ1v) is 11.0. The molecule has 1 aromatic heterocycles. The van der Waals surface area contributed by atoms with Crippen LogP contribution in [-0.2, 0) is 4.74 Å². The first-order chi connectivity index (χ1) is 15.2. The second-order valence-corrected chi connectivity index (χ2v) is 9.17. The van der Waals surface area contributed by atoms with Crippen LogP contribution in [0, 0.1) is 0 Å². The highest BCUT2D eigenvalue weighted by Gasteiger charge is 2.27. The van der Waals surface area contributed by atoms with E-state index in [2.05, 4.69) is 30.1 Å². The first kappa shape index (κ1) is 21.9. The largest absolute Gasteiger partial charge is 0.507 e. The molecule has 0 unspecified atom stereocenters. The Morgan fingerprint density at radius 2 is 1.78 bits per heavy atom. The summed E-state index contributed by atoms with van der Waals surface area (Å²) in [5.41, 5.74) is 1.23. The van der Waals surface area contributed by atoms with Gasteiger partial charge in [-0.05, 0) is 52.3 Å². The maximum atomic E-state index is 12.5. The summed E-state index contributed by atoms with van der Waals surface area (Å²) in [5, 5.41) is 12.2. The summed E-state index contributed by atoms with van der Waals surface area (Å²) in [7, 11) is 0. The number of phenolic OH excluding ortho intramolecular Hbond substituents is 1. The molecule has 1 aliphatic heterocycles. The lowest BCUT2D eigenvalue weighted by Crippen LogP contribution is -2.52. The summed E-state index contributed by atoms with van der Waals surface area (Å²) in [6.45, 7) is 10.1. The Kier molecular flexibility index (Phi) is 5.91. The summed E-state index contributed by atoms with van der Waals surface area (Å²) in [6.07, 6.45) is 6.88. The number of fused-ring (bicyclic) bond motifs is 1. The molecule has 2 aliphatic rings. The molecular formula is C25H30N4O3. The van der Waals surface area contributed by atoms with E-state index in [4.69, 9.17) is 14.7 Å². The van der Waals surface area contributed by atoms with Crippen molar-refractivity contribution < 1.29 is 14.6 Å². The molecule has 1 aliphatic carbocycles. The highest BCUT2D eigenvalue weighted by atomic mass is 16.6. The number of aromatic nitrogens is 2. The van der Waals surface area contributed by atoms with E-state index in [-0.39, 0.29) is 11.8 Å². The van der Waals surface area contributed by atoms with Gasteiger partial charge in [0.15, 0.2) is 5.82 Å².